The number of benzene rings is 1. The van der Waals surface area contributed by atoms with E-state index >= 15 is 0 Å². The first-order chi connectivity index (χ1) is 7.27. The van der Waals surface area contributed by atoms with E-state index in [1.54, 1.807) is 0 Å². The minimum atomic E-state index is -4.97. The summed E-state index contributed by atoms with van der Waals surface area (Å²) in [4.78, 5) is 21.3. The van der Waals surface area contributed by atoms with Crippen LogP contribution in [0.3, 0.4) is 0 Å². The zero-order valence-electron chi connectivity index (χ0n) is 8.06. The standard InChI is InChI=1S/C10H6F4O2/c1-5(16)7-2-6(4-15)3-8(11)9(7)10(12,13)14/h2-4H,1H3. The van der Waals surface area contributed by atoms with E-state index in [1.165, 1.54) is 0 Å². The molecule has 0 unspecified atom stereocenters. The number of carbonyl (C=O) groups is 2. The van der Waals surface area contributed by atoms with Crippen LogP contribution in [0, 0.1) is 5.82 Å². The van der Waals surface area contributed by atoms with Crippen molar-refractivity contribution in [1.29, 1.82) is 0 Å². The number of hydrogen-bond donors (Lipinski definition) is 0. The number of hydrogen-bond acceptors (Lipinski definition) is 2. The van der Waals surface area contributed by atoms with Crippen LogP contribution in [-0.2, 0) is 6.18 Å². The molecular formula is C10H6F4O2. The second-order valence-corrected chi connectivity index (χ2v) is 3.10. The minimum absolute atomic E-state index is 0.176. The zero-order valence-corrected chi connectivity index (χ0v) is 8.06. The van der Waals surface area contributed by atoms with Gasteiger partial charge in [0.05, 0.1) is 0 Å². The monoisotopic (exact) mass is 234 g/mol. The van der Waals surface area contributed by atoms with Gasteiger partial charge in [-0.3, -0.25) is 9.59 Å². The second-order valence-electron chi connectivity index (χ2n) is 3.10. The Morgan fingerprint density at radius 3 is 2.25 bits per heavy atom. The highest BCUT2D eigenvalue weighted by Crippen LogP contribution is 2.34. The molecule has 0 aliphatic carbocycles. The third-order valence-corrected chi connectivity index (χ3v) is 1.91. The maximum Gasteiger partial charge on any atom is 0.419 e. The molecule has 0 fully saturated rings. The van der Waals surface area contributed by atoms with E-state index in [4.69, 9.17) is 0 Å². The Morgan fingerprint density at radius 2 is 1.88 bits per heavy atom. The second kappa shape index (κ2) is 4.03. The topological polar surface area (TPSA) is 34.1 Å². The van der Waals surface area contributed by atoms with Crippen LogP contribution in [0.2, 0.25) is 0 Å². The lowest BCUT2D eigenvalue weighted by Crippen LogP contribution is -2.15. The fourth-order valence-corrected chi connectivity index (χ4v) is 1.26. The summed E-state index contributed by atoms with van der Waals surface area (Å²) in [5.41, 5.74) is -2.78. The van der Waals surface area contributed by atoms with Gasteiger partial charge in [-0.2, -0.15) is 13.2 Å². The maximum atomic E-state index is 13.1. The number of Topliss-reactive ketones (excluding diaryl/α,β-unsaturated/α-hetero) is 1. The third-order valence-electron chi connectivity index (χ3n) is 1.91. The minimum Gasteiger partial charge on any atom is -0.298 e. The Hall–Kier alpha value is -1.72. The molecule has 0 atom stereocenters. The summed E-state index contributed by atoms with van der Waals surface area (Å²) in [7, 11) is 0. The molecule has 0 aliphatic rings. The Balaban J connectivity index is 3.59. The first-order valence-electron chi connectivity index (χ1n) is 4.14. The largest absolute Gasteiger partial charge is 0.419 e. The molecule has 0 bridgehead atoms. The Kier molecular flexibility index (Phi) is 3.11. The molecule has 0 heterocycles. The van der Waals surface area contributed by atoms with Crippen molar-refractivity contribution >= 4 is 12.1 Å². The summed E-state index contributed by atoms with van der Waals surface area (Å²) < 4.78 is 50.4. The molecule has 0 amide bonds. The molecule has 0 saturated carbocycles. The van der Waals surface area contributed by atoms with Gasteiger partial charge >= 0.3 is 6.18 Å². The van der Waals surface area contributed by atoms with Gasteiger partial charge in [0.2, 0.25) is 0 Å². The smallest absolute Gasteiger partial charge is 0.298 e. The van der Waals surface area contributed by atoms with Crippen LogP contribution in [0.4, 0.5) is 17.6 Å². The molecule has 1 aromatic rings. The number of alkyl halides is 3. The first kappa shape index (κ1) is 12.4. The molecule has 0 saturated heterocycles. The zero-order chi connectivity index (χ0) is 12.5. The number of rotatable bonds is 2. The number of ketones is 1. The van der Waals surface area contributed by atoms with Gasteiger partial charge in [-0.25, -0.2) is 4.39 Å². The molecule has 0 radical (unpaired) electrons. The predicted molar refractivity (Wildman–Crippen MR) is 46.8 cm³/mol. The maximum absolute atomic E-state index is 13.1. The average Bonchev–Trinajstić information content (AvgIpc) is 2.14. The van der Waals surface area contributed by atoms with E-state index in [2.05, 4.69) is 0 Å². The lowest BCUT2D eigenvalue weighted by molar-refractivity contribution is -0.140. The molecule has 86 valence electrons. The van der Waals surface area contributed by atoms with Gasteiger partial charge in [-0.1, -0.05) is 0 Å². The normalized spacial score (nSPS) is 11.3. The predicted octanol–water partition coefficient (Wildman–Crippen LogP) is 2.86. The van der Waals surface area contributed by atoms with Crippen molar-refractivity contribution in [2.24, 2.45) is 0 Å². The summed E-state index contributed by atoms with van der Waals surface area (Å²) in [5.74, 6) is -2.57. The van der Waals surface area contributed by atoms with Crippen LogP contribution < -0.4 is 0 Å². The highest BCUT2D eigenvalue weighted by atomic mass is 19.4. The first-order valence-corrected chi connectivity index (χ1v) is 4.14. The average molecular weight is 234 g/mol. The van der Waals surface area contributed by atoms with Crippen LogP contribution in [0.15, 0.2) is 12.1 Å². The Bertz CT molecular complexity index is 449. The van der Waals surface area contributed by atoms with Gasteiger partial charge in [-0.05, 0) is 19.1 Å². The van der Waals surface area contributed by atoms with E-state index in [9.17, 15) is 27.2 Å². The van der Waals surface area contributed by atoms with E-state index in [0.717, 1.165) is 13.0 Å². The van der Waals surface area contributed by atoms with E-state index in [-0.39, 0.29) is 11.8 Å². The van der Waals surface area contributed by atoms with Gasteiger partial charge < -0.3 is 0 Å². The van der Waals surface area contributed by atoms with Crippen molar-refractivity contribution in [2.75, 3.05) is 0 Å². The van der Waals surface area contributed by atoms with Crippen LogP contribution in [0.5, 0.6) is 0 Å². The summed E-state index contributed by atoms with van der Waals surface area (Å²) in [6.07, 6.45) is -4.79. The SMILES string of the molecule is CC(=O)c1cc(C=O)cc(F)c1C(F)(F)F. The fraction of sp³-hybridized carbons (Fsp3) is 0.200. The Labute approximate surface area is 87.9 Å². The van der Waals surface area contributed by atoms with Crippen molar-refractivity contribution in [2.45, 2.75) is 13.1 Å². The van der Waals surface area contributed by atoms with Crippen molar-refractivity contribution < 1.29 is 27.2 Å². The summed E-state index contributed by atoms with van der Waals surface area (Å²) >= 11 is 0. The van der Waals surface area contributed by atoms with E-state index in [0.29, 0.717) is 6.07 Å². The highest BCUT2D eigenvalue weighted by Gasteiger charge is 2.38. The van der Waals surface area contributed by atoms with Crippen molar-refractivity contribution in [3.63, 3.8) is 0 Å². The van der Waals surface area contributed by atoms with Crippen LogP contribution >= 0.6 is 0 Å². The number of halogens is 4. The van der Waals surface area contributed by atoms with Gasteiger partial charge in [0.15, 0.2) is 5.78 Å². The molecule has 1 rings (SSSR count). The molecular weight excluding hydrogens is 228 g/mol. The molecule has 1 aromatic carbocycles. The summed E-state index contributed by atoms with van der Waals surface area (Å²) in [6, 6.07) is 1.17. The molecule has 2 nitrogen and oxygen atoms in total. The van der Waals surface area contributed by atoms with Gasteiger partial charge in [0.25, 0.3) is 0 Å². The quantitative estimate of drug-likeness (QED) is 0.448. The van der Waals surface area contributed by atoms with Crippen molar-refractivity contribution in [3.8, 4) is 0 Å². The van der Waals surface area contributed by atoms with Gasteiger partial charge in [0, 0.05) is 11.1 Å². The Morgan fingerprint density at radius 1 is 1.31 bits per heavy atom. The number of carbonyl (C=O) groups excluding carboxylic acids is 2. The lowest BCUT2D eigenvalue weighted by Gasteiger charge is -2.12. The van der Waals surface area contributed by atoms with Crippen molar-refractivity contribution in [3.05, 3.63) is 34.6 Å². The summed E-state index contributed by atoms with van der Waals surface area (Å²) in [5, 5.41) is 0. The third kappa shape index (κ3) is 2.26. The van der Waals surface area contributed by atoms with Crippen LogP contribution in [0.25, 0.3) is 0 Å². The molecule has 0 N–H and O–H groups in total. The molecule has 16 heavy (non-hydrogen) atoms. The molecule has 6 heteroatoms. The fourth-order valence-electron chi connectivity index (χ4n) is 1.26. The number of aldehydes is 1. The van der Waals surface area contributed by atoms with Gasteiger partial charge in [-0.15, -0.1) is 0 Å². The molecule has 0 spiro atoms. The van der Waals surface area contributed by atoms with Gasteiger partial charge in [0.1, 0.15) is 17.7 Å². The molecule has 0 aromatic heterocycles. The molecule has 0 aliphatic heterocycles. The highest BCUT2D eigenvalue weighted by molar-refractivity contribution is 5.97. The van der Waals surface area contributed by atoms with Crippen LogP contribution in [0.1, 0.15) is 33.2 Å². The lowest BCUT2D eigenvalue weighted by atomic mass is 10.0. The van der Waals surface area contributed by atoms with Crippen molar-refractivity contribution in [1.82, 2.24) is 0 Å². The van der Waals surface area contributed by atoms with Crippen LogP contribution in [-0.4, -0.2) is 12.1 Å². The summed E-state index contributed by atoms with van der Waals surface area (Å²) in [6.45, 7) is 0.874. The van der Waals surface area contributed by atoms with E-state index in [1.807, 2.05) is 0 Å². The van der Waals surface area contributed by atoms with E-state index < -0.39 is 28.9 Å².